The molecular weight excluding hydrogens is 459 g/mol. The van der Waals surface area contributed by atoms with E-state index in [4.69, 9.17) is 0 Å². The molecule has 0 atom stereocenters. The molecule has 0 aliphatic carbocycles. The van der Waals surface area contributed by atoms with E-state index < -0.39 is 17.0 Å². The van der Waals surface area contributed by atoms with Crippen LogP contribution in [0.1, 0.15) is 26.3 Å². The highest BCUT2D eigenvalue weighted by Crippen LogP contribution is 2.28. The van der Waals surface area contributed by atoms with Gasteiger partial charge in [0.2, 0.25) is 0 Å². The number of rotatable bonds is 6. The third-order valence-corrected chi connectivity index (χ3v) is 6.60. The smallest absolute Gasteiger partial charge is 0.273 e. The Morgan fingerprint density at radius 1 is 1.08 bits per heavy atom. The molecule has 0 amide bonds. The van der Waals surface area contributed by atoms with E-state index in [2.05, 4.69) is 37.2 Å². The predicted molar refractivity (Wildman–Crippen MR) is 139 cm³/mol. The number of para-hydroxylation sites is 1. The highest BCUT2D eigenvalue weighted by molar-refractivity contribution is 5.89. The minimum atomic E-state index is -0.695. The maximum Gasteiger partial charge on any atom is 0.273 e. The van der Waals surface area contributed by atoms with Crippen molar-refractivity contribution in [2.24, 2.45) is 0 Å². The predicted octanol–water partition coefficient (Wildman–Crippen LogP) is 3.37. The van der Waals surface area contributed by atoms with E-state index in [-0.39, 0.29) is 5.69 Å². The largest absolute Gasteiger partial charge is 0.389 e. The lowest BCUT2D eigenvalue weighted by atomic mass is 10.1. The van der Waals surface area contributed by atoms with E-state index >= 15 is 0 Å². The van der Waals surface area contributed by atoms with Crippen molar-refractivity contribution < 1.29 is 9.50 Å². The molecule has 2 aromatic carbocycles. The summed E-state index contributed by atoms with van der Waals surface area (Å²) in [6.07, 6.45) is 0.574. The number of H-pyrrole nitrogens is 1. The molecular formula is C27H31FN6O2. The molecule has 2 N–H and O–H groups in total. The second kappa shape index (κ2) is 9.48. The first-order chi connectivity index (χ1) is 17.2. The van der Waals surface area contributed by atoms with Gasteiger partial charge in [-0.2, -0.15) is 14.9 Å². The summed E-state index contributed by atoms with van der Waals surface area (Å²) in [6.45, 7) is 9.82. The number of aromatic nitrogens is 4. The lowest BCUT2D eigenvalue weighted by molar-refractivity contribution is 0.0345. The van der Waals surface area contributed by atoms with Crippen LogP contribution in [0, 0.1) is 5.82 Å². The maximum atomic E-state index is 14.7. The van der Waals surface area contributed by atoms with Crippen molar-refractivity contribution >= 4 is 16.7 Å². The fourth-order valence-electron chi connectivity index (χ4n) is 4.87. The molecule has 0 bridgehead atoms. The number of nitrogens with one attached hydrogen (secondary N) is 1. The van der Waals surface area contributed by atoms with Gasteiger partial charge in [-0.25, -0.2) is 4.39 Å². The summed E-state index contributed by atoms with van der Waals surface area (Å²) in [6, 6.07) is 14.3. The molecule has 0 saturated carbocycles. The third-order valence-electron chi connectivity index (χ3n) is 6.60. The van der Waals surface area contributed by atoms with Crippen LogP contribution < -0.4 is 10.5 Å². The number of hydrogen-bond donors (Lipinski definition) is 2. The van der Waals surface area contributed by atoms with Crippen LogP contribution in [-0.2, 0) is 6.42 Å². The molecule has 3 heterocycles. The van der Waals surface area contributed by atoms with Gasteiger partial charge in [-0.3, -0.25) is 14.8 Å². The Morgan fingerprint density at radius 3 is 2.47 bits per heavy atom. The number of β-amino-alcohol motifs (C(OH)–C–C–N with tert-alkyl or cyclic N) is 1. The van der Waals surface area contributed by atoms with Gasteiger partial charge in [0.15, 0.2) is 0 Å². The van der Waals surface area contributed by atoms with Crippen LogP contribution in [0.25, 0.3) is 28.0 Å². The highest BCUT2D eigenvalue weighted by atomic mass is 19.1. The lowest BCUT2D eigenvalue weighted by Gasteiger charge is -2.38. The normalized spacial score (nSPS) is 15.1. The summed E-state index contributed by atoms with van der Waals surface area (Å²) in [5.41, 5.74) is 3.36. The van der Waals surface area contributed by atoms with Crippen molar-refractivity contribution in [3.05, 3.63) is 70.3 Å². The van der Waals surface area contributed by atoms with Gasteiger partial charge >= 0.3 is 0 Å². The van der Waals surface area contributed by atoms with E-state index in [1.54, 1.807) is 12.1 Å². The number of anilines is 1. The lowest BCUT2D eigenvalue weighted by Crippen LogP contribution is -2.50. The summed E-state index contributed by atoms with van der Waals surface area (Å²) in [5.74, 6) is -0.486. The molecule has 0 unspecified atom stereocenters. The first-order valence-electron chi connectivity index (χ1n) is 12.3. The zero-order valence-corrected chi connectivity index (χ0v) is 20.8. The molecule has 8 nitrogen and oxygen atoms in total. The van der Waals surface area contributed by atoms with E-state index in [9.17, 15) is 14.3 Å². The fraction of sp³-hybridized carbons (Fsp3) is 0.370. The zero-order chi connectivity index (χ0) is 25.4. The molecule has 188 valence electrons. The summed E-state index contributed by atoms with van der Waals surface area (Å²) in [5, 5.41) is 21.9. The van der Waals surface area contributed by atoms with Crippen molar-refractivity contribution in [1.82, 2.24) is 24.9 Å². The van der Waals surface area contributed by atoms with E-state index in [0.29, 0.717) is 35.3 Å². The average Bonchev–Trinajstić information content (AvgIpc) is 3.25. The van der Waals surface area contributed by atoms with Gasteiger partial charge in [-0.05, 0) is 44.0 Å². The average molecular weight is 491 g/mol. The molecule has 4 aromatic rings. The number of nitrogens with zero attached hydrogens (tertiary/aromatic N) is 5. The van der Waals surface area contributed by atoms with Crippen LogP contribution in [0.3, 0.4) is 0 Å². The number of aliphatic hydroxyl groups is 1. The Bertz CT molecular complexity index is 1430. The minimum Gasteiger partial charge on any atom is -0.389 e. The molecule has 1 aliphatic rings. The highest BCUT2D eigenvalue weighted by Gasteiger charge is 2.23. The number of hydrogen-bond acceptors (Lipinski definition) is 6. The second-order valence-corrected chi connectivity index (χ2v) is 9.95. The van der Waals surface area contributed by atoms with Crippen LogP contribution in [0.5, 0.6) is 0 Å². The van der Waals surface area contributed by atoms with Gasteiger partial charge in [-0.15, -0.1) is 0 Å². The van der Waals surface area contributed by atoms with Crippen molar-refractivity contribution in [3.8, 4) is 16.9 Å². The summed E-state index contributed by atoms with van der Waals surface area (Å²) < 4.78 is 15.9. The second-order valence-electron chi connectivity index (χ2n) is 9.95. The van der Waals surface area contributed by atoms with Crippen molar-refractivity contribution in [1.29, 1.82) is 0 Å². The van der Waals surface area contributed by atoms with Gasteiger partial charge in [0, 0.05) is 50.0 Å². The molecule has 9 heteroatoms. The van der Waals surface area contributed by atoms with Gasteiger partial charge < -0.3 is 10.0 Å². The molecule has 2 aromatic heterocycles. The van der Waals surface area contributed by atoms with Crippen LogP contribution in [0.4, 0.5) is 10.1 Å². The fourth-order valence-corrected chi connectivity index (χ4v) is 4.87. The molecule has 1 fully saturated rings. The number of piperazine rings is 1. The molecule has 1 saturated heterocycles. The topological polar surface area (TPSA) is 90.3 Å². The SMILES string of the molecule is CCc1cccc(F)c1-n1nc2c(-c3ccc(N4CCN(CC(C)(C)O)CC4)cc3)n[nH]c2cc1=O. The summed E-state index contributed by atoms with van der Waals surface area (Å²) >= 11 is 0. The Hall–Kier alpha value is -3.56. The number of benzene rings is 2. The third kappa shape index (κ3) is 4.76. The molecule has 5 rings (SSSR count). The molecule has 1 aliphatic heterocycles. The van der Waals surface area contributed by atoms with Gasteiger partial charge in [0.1, 0.15) is 22.7 Å². The Kier molecular flexibility index (Phi) is 6.36. The molecule has 36 heavy (non-hydrogen) atoms. The first kappa shape index (κ1) is 24.1. The monoisotopic (exact) mass is 490 g/mol. The van der Waals surface area contributed by atoms with Crippen molar-refractivity contribution in [3.63, 3.8) is 0 Å². The van der Waals surface area contributed by atoms with Gasteiger partial charge in [0.25, 0.3) is 5.56 Å². The molecule has 0 radical (unpaired) electrons. The van der Waals surface area contributed by atoms with Crippen LogP contribution in [0.15, 0.2) is 53.3 Å². The van der Waals surface area contributed by atoms with Gasteiger partial charge in [0.05, 0.1) is 11.1 Å². The van der Waals surface area contributed by atoms with Crippen LogP contribution >= 0.6 is 0 Å². The van der Waals surface area contributed by atoms with Crippen LogP contribution in [0.2, 0.25) is 0 Å². The summed E-state index contributed by atoms with van der Waals surface area (Å²) in [7, 11) is 0. The van der Waals surface area contributed by atoms with Gasteiger partial charge in [-0.1, -0.05) is 31.2 Å². The quantitative estimate of drug-likeness (QED) is 0.431. The Labute approximate surface area is 209 Å². The molecule has 0 spiro atoms. The van der Waals surface area contributed by atoms with Crippen molar-refractivity contribution in [2.45, 2.75) is 32.8 Å². The van der Waals surface area contributed by atoms with E-state index in [1.807, 2.05) is 32.9 Å². The first-order valence-corrected chi connectivity index (χ1v) is 12.3. The zero-order valence-electron chi connectivity index (χ0n) is 20.8. The maximum absolute atomic E-state index is 14.7. The van der Waals surface area contributed by atoms with E-state index in [0.717, 1.165) is 42.1 Å². The number of halogens is 1. The minimum absolute atomic E-state index is 0.179. The summed E-state index contributed by atoms with van der Waals surface area (Å²) in [4.78, 5) is 17.4. The standard InChI is InChI=1S/C27H31FN6O2/c1-4-18-6-5-7-21(28)26(18)34-23(35)16-22-25(31-34)24(30-29-22)19-8-10-20(11-9-19)33-14-12-32(13-15-33)17-27(2,3)36/h5-11,16,29,36H,4,12-15,17H2,1-3H3. The Morgan fingerprint density at radius 2 is 1.81 bits per heavy atom. The number of aryl methyl sites for hydroxylation is 1. The Balaban J connectivity index is 1.42. The number of fused-ring (bicyclic) bond motifs is 1. The van der Waals surface area contributed by atoms with Crippen molar-refractivity contribution in [2.75, 3.05) is 37.6 Å². The van der Waals surface area contributed by atoms with Crippen LogP contribution in [-0.4, -0.2) is 68.3 Å². The number of aromatic amines is 1. The van der Waals surface area contributed by atoms with E-state index in [1.165, 1.54) is 12.1 Å².